The highest BCUT2D eigenvalue weighted by Crippen LogP contribution is 2.07. The maximum atomic E-state index is 10.2. The van der Waals surface area contributed by atoms with Crippen molar-refractivity contribution in [2.45, 2.75) is 0 Å². The highest BCUT2D eigenvalue weighted by molar-refractivity contribution is 5.45. The number of nitroso groups, excluding NO2 is 1. The Morgan fingerprint density at radius 3 is 2.46 bits per heavy atom. The van der Waals surface area contributed by atoms with E-state index in [-0.39, 0.29) is 11.0 Å². The van der Waals surface area contributed by atoms with Crippen molar-refractivity contribution in [3.63, 3.8) is 0 Å². The highest BCUT2D eigenvalue weighted by atomic mass is 16.5. The molecule has 0 aromatic heterocycles. The van der Waals surface area contributed by atoms with Crippen LogP contribution in [0.1, 0.15) is 0 Å². The van der Waals surface area contributed by atoms with Crippen molar-refractivity contribution in [1.29, 1.82) is 0 Å². The second-order valence-electron chi connectivity index (χ2n) is 2.20. The second-order valence-corrected chi connectivity index (χ2v) is 2.20. The lowest BCUT2D eigenvalue weighted by molar-refractivity contribution is 0.302. The maximum absolute atomic E-state index is 10.2. The monoisotopic (exact) mass is 181 g/mol. The molecule has 1 rings (SSSR count). The predicted octanol–water partition coefficient (Wildman–Crippen LogP) is 1.18. The molecule has 0 fully saturated rings. The Bertz CT molecular complexity index is 378. The summed E-state index contributed by atoms with van der Waals surface area (Å²) in [7, 11) is 0. The van der Waals surface area contributed by atoms with E-state index in [4.69, 9.17) is 10.4 Å². The van der Waals surface area contributed by atoms with E-state index in [1.807, 2.05) is 5.48 Å². The molecular weight excluding hydrogens is 174 g/mol. The van der Waals surface area contributed by atoms with Gasteiger partial charge in [-0.05, 0) is 29.4 Å². The molecular formula is C7H7N3O3. The smallest absolute Gasteiger partial charge is 0.137 e. The lowest BCUT2D eigenvalue weighted by Gasteiger charge is -1.89. The molecule has 3 N–H and O–H groups in total. The molecule has 0 atom stereocenters. The lowest BCUT2D eigenvalue weighted by Crippen LogP contribution is -1.96. The molecule has 0 aliphatic carbocycles. The van der Waals surface area contributed by atoms with Gasteiger partial charge in [-0.15, -0.1) is 4.91 Å². The standard InChI is InChI=1S/C7H7N3O3/c11-8-5-1-3-6(9-12)7(10-13)4-2-5/h1-4,8,11-12H/b9-6+. The van der Waals surface area contributed by atoms with Crippen LogP contribution < -0.4 is 10.8 Å². The van der Waals surface area contributed by atoms with Gasteiger partial charge in [0, 0.05) is 0 Å². The maximum Gasteiger partial charge on any atom is 0.137 e. The van der Waals surface area contributed by atoms with Gasteiger partial charge in [-0.1, -0.05) is 5.16 Å². The first-order chi connectivity index (χ1) is 6.31. The van der Waals surface area contributed by atoms with E-state index in [0.717, 1.165) is 0 Å². The van der Waals surface area contributed by atoms with Gasteiger partial charge in [0.05, 0.1) is 5.69 Å². The average molecular weight is 181 g/mol. The van der Waals surface area contributed by atoms with E-state index in [1.165, 1.54) is 24.3 Å². The summed E-state index contributed by atoms with van der Waals surface area (Å²) in [4.78, 5) is 10.2. The van der Waals surface area contributed by atoms with Crippen LogP contribution in [0, 0.1) is 4.91 Å². The third kappa shape index (κ3) is 2.00. The Morgan fingerprint density at radius 2 is 1.92 bits per heavy atom. The van der Waals surface area contributed by atoms with Crippen LogP contribution in [0.4, 0.5) is 11.4 Å². The van der Waals surface area contributed by atoms with E-state index >= 15 is 0 Å². The van der Waals surface area contributed by atoms with Gasteiger partial charge in [-0.2, -0.15) is 0 Å². The Labute approximate surface area is 73.1 Å². The number of nitrogens with zero attached hydrogens (tertiary/aromatic N) is 2. The molecule has 1 aromatic carbocycles. The molecule has 6 nitrogen and oxygen atoms in total. The van der Waals surface area contributed by atoms with Crippen molar-refractivity contribution >= 4 is 11.4 Å². The first-order valence-electron chi connectivity index (χ1n) is 3.37. The third-order valence-corrected chi connectivity index (χ3v) is 1.44. The molecule has 0 saturated heterocycles. The third-order valence-electron chi connectivity index (χ3n) is 1.44. The van der Waals surface area contributed by atoms with E-state index < -0.39 is 0 Å². The molecule has 0 amide bonds. The molecule has 0 heterocycles. The van der Waals surface area contributed by atoms with Crippen LogP contribution in [0.3, 0.4) is 0 Å². The predicted molar refractivity (Wildman–Crippen MR) is 44.7 cm³/mol. The number of hydrogen-bond donors (Lipinski definition) is 3. The van der Waals surface area contributed by atoms with Crippen LogP contribution in [0.2, 0.25) is 0 Å². The van der Waals surface area contributed by atoms with Crippen molar-refractivity contribution in [2.75, 3.05) is 5.48 Å². The summed E-state index contributed by atoms with van der Waals surface area (Å²) in [6.07, 6.45) is 0. The van der Waals surface area contributed by atoms with Crippen LogP contribution >= 0.6 is 0 Å². The Kier molecular flexibility index (Phi) is 2.93. The summed E-state index contributed by atoms with van der Waals surface area (Å²) in [5.41, 5.74) is 2.23. The van der Waals surface area contributed by atoms with Crippen LogP contribution in [0.15, 0.2) is 34.6 Å². The first-order valence-corrected chi connectivity index (χ1v) is 3.37. The van der Waals surface area contributed by atoms with Gasteiger partial charge in [0.15, 0.2) is 0 Å². The molecule has 0 aliphatic heterocycles. The fourth-order valence-corrected chi connectivity index (χ4v) is 0.800. The summed E-state index contributed by atoms with van der Waals surface area (Å²) in [5.74, 6) is 0. The minimum absolute atomic E-state index is 0.0102. The van der Waals surface area contributed by atoms with Crippen LogP contribution in [-0.2, 0) is 0 Å². The molecule has 1 aromatic rings. The topological polar surface area (TPSA) is 94.3 Å². The summed E-state index contributed by atoms with van der Waals surface area (Å²) in [6.45, 7) is 0. The van der Waals surface area contributed by atoms with Crippen LogP contribution in [0.5, 0.6) is 0 Å². The van der Waals surface area contributed by atoms with Crippen molar-refractivity contribution in [1.82, 2.24) is 0 Å². The van der Waals surface area contributed by atoms with Gasteiger partial charge in [0.25, 0.3) is 0 Å². The summed E-state index contributed by atoms with van der Waals surface area (Å²) < 4.78 is 0. The molecule has 0 saturated carbocycles. The molecule has 68 valence electrons. The largest absolute Gasteiger partial charge is 0.410 e. The molecule has 0 radical (unpaired) electrons. The van der Waals surface area contributed by atoms with E-state index in [0.29, 0.717) is 5.69 Å². The van der Waals surface area contributed by atoms with Crippen molar-refractivity contribution in [3.05, 3.63) is 34.5 Å². The number of hydrogen-bond acceptors (Lipinski definition) is 6. The van der Waals surface area contributed by atoms with Crippen LogP contribution in [0.25, 0.3) is 0 Å². The number of anilines is 1. The first kappa shape index (κ1) is 9.14. The van der Waals surface area contributed by atoms with Gasteiger partial charge < -0.3 is 5.21 Å². The normalized spacial score (nSPS) is 11.0. The fourth-order valence-electron chi connectivity index (χ4n) is 0.800. The minimum Gasteiger partial charge on any atom is -0.410 e. The quantitative estimate of drug-likeness (QED) is 0.362. The second kappa shape index (κ2) is 4.17. The van der Waals surface area contributed by atoms with E-state index in [1.54, 1.807) is 0 Å². The molecule has 0 aliphatic rings. The van der Waals surface area contributed by atoms with Gasteiger partial charge in [-0.3, -0.25) is 10.7 Å². The molecule has 0 spiro atoms. The number of nitrogens with one attached hydrogen (secondary N) is 1. The van der Waals surface area contributed by atoms with Crippen molar-refractivity contribution in [3.8, 4) is 0 Å². The van der Waals surface area contributed by atoms with Gasteiger partial charge >= 0.3 is 0 Å². The zero-order valence-corrected chi connectivity index (χ0v) is 6.51. The fraction of sp³-hybridized carbons (Fsp3) is 0. The summed E-state index contributed by atoms with van der Waals surface area (Å²) >= 11 is 0. The SMILES string of the molecule is O=Nc1ccc(NO)cc/c1=N\O. The average Bonchev–Trinajstić information content (AvgIpc) is 2.38. The molecule has 6 heteroatoms. The van der Waals surface area contributed by atoms with E-state index in [2.05, 4.69) is 10.3 Å². The highest BCUT2D eigenvalue weighted by Gasteiger charge is 1.94. The van der Waals surface area contributed by atoms with Gasteiger partial charge in [-0.25, -0.2) is 0 Å². The molecule has 0 bridgehead atoms. The van der Waals surface area contributed by atoms with Gasteiger partial charge in [0.2, 0.25) is 0 Å². The zero-order chi connectivity index (χ0) is 9.68. The molecule has 13 heavy (non-hydrogen) atoms. The summed E-state index contributed by atoms with van der Waals surface area (Å²) in [5, 5.41) is 22.5. The Balaban J connectivity index is 3.41. The Hall–Kier alpha value is -1.95. The lowest BCUT2D eigenvalue weighted by atomic mass is 10.4. The van der Waals surface area contributed by atoms with Crippen molar-refractivity contribution in [2.24, 2.45) is 10.3 Å². The Morgan fingerprint density at radius 1 is 1.23 bits per heavy atom. The zero-order valence-electron chi connectivity index (χ0n) is 6.51. The van der Waals surface area contributed by atoms with E-state index in [9.17, 15) is 4.91 Å². The van der Waals surface area contributed by atoms with Crippen molar-refractivity contribution < 1.29 is 10.4 Å². The van der Waals surface area contributed by atoms with Crippen LogP contribution in [-0.4, -0.2) is 10.4 Å². The summed E-state index contributed by atoms with van der Waals surface area (Å²) in [6, 6.07) is 5.52. The molecule has 0 unspecified atom stereocenters. The number of rotatable bonds is 2. The minimum atomic E-state index is -0.0102. The van der Waals surface area contributed by atoms with Gasteiger partial charge in [0.1, 0.15) is 11.0 Å².